The Hall–Kier alpha value is -1.03. The number of carboxylic acid groups (broad SMARTS) is 1. The molecule has 4 nitrogen and oxygen atoms in total. The lowest BCUT2D eigenvalue weighted by Gasteiger charge is -2.16. The first-order valence-electron chi connectivity index (χ1n) is 6.34. The molecule has 1 fully saturated rings. The van der Waals surface area contributed by atoms with Crippen LogP contribution < -0.4 is 0 Å². The molecule has 2 rings (SSSR count). The van der Waals surface area contributed by atoms with E-state index in [9.17, 15) is 9.90 Å². The topological polar surface area (TPSA) is 55.1 Å². The zero-order valence-corrected chi connectivity index (χ0v) is 11.8. The Bertz CT molecular complexity index is 468. The molecule has 0 atom stereocenters. The Morgan fingerprint density at radius 2 is 1.94 bits per heavy atom. The van der Waals surface area contributed by atoms with E-state index in [1.165, 1.54) is 0 Å². The minimum absolute atomic E-state index is 0.163. The van der Waals surface area contributed by atoms with Crippen molar-refractivity contribution in [2.24, 2.45) is 0 Å². The fourth-order valence-corrected chi connectivity index (χ4v) is 2.87. The maximum atomic E-state index is 11.4. The van der Waals surface area contributed by atoms with Crippen LogP contribution in [0.1, 0.15) is 68.5 Å². The predicted molar refractivity (Wildman–Crippen MR) is 70.4 cm³/mol. The van der Waals surface area contributed by atoms with Crippen molar-refractivity contribution in [3.05, 3.63) is 16.4 Å². The van der Waals surface area contributed by atoms with Crippen molar-refractivity contribution < 1.29 is 9.90 Å². The first-order valence-corrected chi connectivity index (χ1v) is 6.72. The number of aromatic nitrogens is 2. The molecule has 0 spiro atoms. The molecule has 0 aromatic carbocycles. The number of carbonyl (C=O) groups is 1. The average Bonchev–Trinajstić information content (AvgIpc) is 2.81. The molecule has 1 aliphatic carbocycles. The fourth-order valence-electron chi connectivity index (χ4n) is 2.52. The number of hydrogen-bond donors (Lipinski definition) is 1. The molecule has 1 aromatic heterocycles. The minimum atomic E-state index is -0.992. The Balaban J connectivity index is 2.53. The van der Waals surface area contributed by atoms with Crippen LogP contribution in [0.5, 0.6) is 0 Å². The van der Waals surface area contributed by atoms with Gasteiger partial charge in [-0.3, -0.25) is 0 Å². The second kappa shape index (κ2) is 4.57. The third kappa shape index (κ3) is 2.26. The monoisotopic (exact) mass is 270 g/mol. The van der Waals surface area contributed by atoms with Crippen LogP contribution in [0.2, 0.25) is 5.15 Å². The van der Waals surface area contributed by atoms with Gasteiger partial charge in [-0.1, -0.05) is 45.2 Å². The molecule has 1 N–H and O–H groups in total. The van der Waals surface area contributed by atoms with Crippen LogP contribution in [0.25, 0.3) is 0 Å². The number of carboxylic acids is 1. The molecular weight excluding hydrogens is 252 g/mol. The molecule has 18 heavy (non-hydrogen) atoms. The molecule has 0 saturated heterocycles. The second-order valence-corrected chi connectivity index (χ2v) is 6.31. The summed E-state index contributed by atoms with van der Waals surface area (Å²) >= 11 is 6.23. The van der Waals surface area contributed by atoms with E-state index in [1.807, 2.05) is 20.8 Å². The number of hydrogen-bond acceptors (Lipinski definition) is 2. The molecule has 0 bridgehead atoms. The molecule has 0 unspecified atom stereocenters. The van der Waals surface area contributed by atoms with Gasteiger partial charge in [-0.15, -0.1) is 0 Å². The quantitative estimate of drug-likeness (QED) is 0.892. The fraction of sp³-hybridized carbons (Fsp3) is 0.692. The number of rotatable bonds is 2. The highest BCUT2D eigenvalue weighted by Gasteiger charge is 2.32. The molecule has 0 amide bonds. The van der Waals surface area contributed by atoms with Crippen molar-refractivity contribution in [3.63, 3.8) is 0 Å². The summed E-state index contributed by atoms with van der Waals surface area (Å²) in [6, 6.07) is 0.256. The Labute approximate surface area is 112 Å². The van der Waals surface area contributed by atoms with Crippen LogP contribution >= 0.6 is 11.6 Å². The maximum Gasteiger partial charge on any atom is 0.340 e. The lowest BCUT2D eigenvalue weighted by molar-refractivity contribution is 0.0694. The standard InChI is InChI=1S/C13H19ClN2O2/c1-13(2,3)10-9(12(17)18)11(14)16(15-10)8-6-4-5-7-8/h8H,4-7H2,1-3H3,(H,17,18). The minimum Gasteiger partial charge on any atom is -0.478 e. The summed E-state index contributed by atoms with van der Waals surface area (Å²) in [5.74, 6) is -0.992. The summed E-state index contributed by atoms with van der Waals surface area (Å²) in [7, 11) is 0. The number of aromatic carboxylic acids is 1. The molecular formula is C13H19ClN2O2. The van der Waals surface area contributed by atoms with Gasteiger partial charge in [-0.05, 0) is 12.8 Å². The largest absolute Gasteiger partial charge is 0.478 e. The molecule has 1 aromatic rings. The lowest BCUT2D eigenvalue weighted by Crippen LogP contribution is -2.17. The molecule has 0 radical (unpaired) electrons. The Morgan fingerprint density at radius 1 is 1.39 bits per heavy atom. The van der Waals surface area contributed by atoms with Gasteiger partial charge in [-0.2, -0.15) is 5.10 Å². The highest BCUT2D eigenvalue weighted by atomic mass is 35.5. The molecule has 5 heteroatoms. The van der Waals surface area contributed by atoms with Gasteiger partial charge in [0, 0.05) is 5.41 Å². The van der Waals surface area contributed by atoms with E-state index in [0.717, 1.165) is 25.7 Å². The smallest absolute Gasteiger partial charge is 0.340 e. The van der Waals surface area contributed by atoms with Crippen molar-refractivity contribution in [1.29, 1.82) is 0 Å². The van der Waals surface area contributed by atoms with Crippen molar-refractivity contribution in [2.45, 2.75) is 57.9 Å². The maximum absolute atomic E-state index is 11.4. The van der Waals surface area contributed by atoms with Crippen LogP contribution in [-0.4, -0.2) is 20.9 Å². The normalized spacial score (nSPS) is 17.3. The summed E-state index contributed by atoms with van der Waals surface area (Å²) in [6.07, 6.45) is 4.39. The van der Waals surface area contributed by atoms with E-state index in [2.05, 4.69) is 5.10 Å². The van der Waals surface area contributed by atoms with Gasteiger partial charge in [0.25, 0.3) is 0 Å². The van der Waals surface area contributed by atoms with E-state index < -0.39 is 5.97 Å². The van der Waals surface area contributed by atoms with Gasteiger partial charge in [0.15, 0.2) is 0 Å². The predicted octanol–water partition coefficient (Wildman–Crippen LogP) is 3.65. The summed E-state index contributed by atoms with van der Waals surface area (Å²) in [6.45, 7) is 5.87. The highest BCUT2D eigenvalue weighted by Crippen LogP contribution is 2.36. The number of halogens is 1. The van der Waals surface area contributed by atoms with E-state index >= 15 is 0 Å². The summed E-state index contributed by atoms with van der Waals surface area (Å²) in [5, 5.41) is 14.1. The third-order valence-electron chi connectivity index (χ3n) is 3.45. The van der Waals surface area contributed by atoms with Gasteiger partial charge in [0.2, 0.25) is 0 Å². The molecule has 1 saturated carbocycles. The van der Waals surface area contributed by atoms with Crippen LogP contribution in [0, 0.1) is 0 Å². The van der Waals surface area contributed by atoms with Crippen molar-refractivity contribution in [3.8, 4) is 0 Å². The van der Waals surface area contributed by atoms with E-state index in [-0.39, 0.29) is 22.2 Å². The van der Waals surface area contributed by atoms with Crippen LogP contribution in [0.3, 0.4) is 0 Å². The van der Waals surface area contributed by atoms with Crippen LogP contribution in [-0.2, 0) is 5.41 Å². The zero-order chi connectivity index (χ0) is 13.5. The van der Waals surface area contributed by atoms with E-state index in [4.69, 9.17) is 11.6 Å². The van der Waals surface area contributed by atoms with Gasteiger partial charge < -0.3 is 5.11 Å². The van der Waals surface area contributed by atoms with Crippen molar-refractivity contribution in [1.82, 2.24) is 9.78 Å². The SMILES string of the molecule is CC(C)(C)c1nn(C2CCCC2)c(Cl)c1C(=O)O. The summed E-state index contributed by atoms with van der Waals surface area (Å²) in [5.41, 5.74) is 0.421. The average molecular weight is 271 g/mol. The highest BCUT2D eigenvalue weighted by molar-refractivity contribution is 6.32. The third-order valence-corrected chi connectivity index (χ3v) is 3.81. The van der Waals surface area contributed by atoms with Gasteiger partial charge >= 0.3 is 5.97 Å². The van der Waals surface area contributed by atoms with Crippen molar-refractivity contribution >= 4 is 17.6 Å². The van der Waals surface area contributed by atoms with E-state index in [0.29, 0.717) is 5.69 Å². The van der Waals surface area contributed by atoms with Gasteiger partial charge in [-0.25, -0.2) is 9.48 Å². The van der Waals surface area contributed by atoms with Crippen molar-refractivity contribution in [2.75, 3.05) is 0 Å². The van der Waals surface area contributed by atoms with Crippen LogP contribution in [0.15, 0.2) is 0 Å². The number of nitrogens with zero attached hydrogens (tertiary/aromatic N) is 2. The first kappa shape index (κ1) is 13.4. The van der Waals surface area contributed by atoms with E-state index in [1.54, 1.807) is 4.68 Å². The Kier molecular flexibility index (Phi) is 3.41. The molecule has 100 valence electrons. The van der Waals surface area contributed by atoms with Gasteiger partial charge in [0.1, 0.15) is 10.7 Å². The zero-order valence-electron chi connectivity index (χ0n) is 11.0. The summed E-state index contributed by atoms with van der Waals surface area (Å²) in [4.78, 5) is 11.4. The summed E-state index contributed by atoms with van der Waals surface area (Å²) < 4.78 is 1.72. The second-order valence-electron chi connectivity index (χ2n) is 5.95. The lowest BCUT2D eigenvalue weighted by atomic mass is 9.89. The molecule has 0 aliphatic heterocycles. The molecule has 1 aliphatic rings. The Morgan fingerprint density at radius 3 is 2.33 bits per heavy atom. The first-order chi connectivity index (χ1) is 8.32. The van der Waals surface area contributed by atoms with Crippen LogP contribution in [0.4, 0.5) is 0 Å². The molecule has 1 heterocycles. The van der Waals surface area contributed by atoms with Gasteiger partial charge in [0.05, 0.1) is 11.7 Å².